The molecule has 2 aromatic rings. The zero-order valence-corrected chi connectivity index (χ0v) is 24.0. The van der Waals surface area contributed by atoms with Gasteiger partial charge in [-0.25, -0.2) is 4.79 Å². The van der Waals surface area contributed by atoms with Gasteiger partial charge < -0.3 is 19.3 Å². The summed E-state index contributed by atoms with van der Waals surface area (Å²) in [4.78, 5) is 26.2. The minimum absolute atomic E-state index is 0.0335. The SMILES string of the molecule is CCCCC=C(CCCC)CC(=O)CC1CC(c2ccc3c(c2)OCO3)=C(C(=O)O)C(c2ccc(OC)cc2)C1. The number of allylic oxidation sites excluding steroid dienone is 3. The minimum atomic E-state index is -0.932. The van der Waals surface area contributed by atoms with Crippen LogP contribution in [-0.4, -0.2) is 30.8 Å². The summed E-state index contributed by atoms with van der Waals surface area (Å²) in [5, 5.41) is 10.5. The molecule has 1 N–H and O–H groups in total. The lowest BCUT2D eigenvalue weighted by Gasteiger charge is -2.33. The molecule has 1 aliphatic carbocycles. The third-order valence-corrected chi connectivity index (χ3v) is 7.99. The number of ether oxygens (including phenoxy) is 3. The van der Waals surface area contributed by atoms with E-state index in [1.807, 2.05) is 42.5 Å². The Morgan fingerprint density at radius 2 is 1.77 bits per heavy atom. The molecule has 0 fully saturated rings. The van der Waals surface area contributed by atoms with E-state index in [9.17, 15) is 14.7 Å². The average Bonchev–Trinajstić information content (AvgIpc) is 3.43. The molecule has 0 aromatic heterocycles. The summed E-state index contributed by atoms with van der Waals surface area (Å²) in [6.07, 6.45) is 10.8. The van der Waals surface area contributed by atoms with Gasteiger partial charge in [0, 0.05) is 24.3 Å². The van der Waals surface area contributed by atoms with Crippen molar-refractivity contribution in [1.29, 1.82) is 0 Å². The number of methoxy groups -OCH3 is 1. The Morgan fingerprint density at radius 3 is 2.48 bits per heavy atom. The van der Waals surface area contributed by atoms with Gasteiger partial charge in [0.1, 0.15) is 11.5 Å². The Bertz CT molecular complexity index is 1240. The summed E-state index contributed by atoms with van der Waals surface area (Å²) in [6.45, 7) is 4.52. The van der Waals surface area contributed by atoms with Crippen molar-refractivity contribution < 1.29 is 28.9 Å². The Labute approximate surface area is 238 Å². The van der Waals surface area contributed by atoms with Gasteiger partial charge in [0.15, 0.2) is 11.5 Å². The largest absolute Gasteiger partial charge is 0.497 e. The lowest BCUT2D eigenvalue weighted by Crippen LogP contribution is -2.24. The quantitative estimate of drug-likeness (QED) is 0.190. The lowest BCUT2D eigenvalue weighted by molar-refractivity contribution is -0.133. The molecule has 0 amide bonds. The second-order valence-electron chi connectivity index (χ2n) is 10.9. The smallest absolute Gasteiger partial charge is 0.332 e. The number of benzene rings is 2. The number of Topliss-reactive ketones (excluding diaryl/α,β-unsaturated/α-hetero) is 1. The van der Waals surface area contributed by atoms with Crippen LogP contribution in [0.2, 0.25) is 0 Å². The van der Waals surface area contributed by atoms with Crippen LogP contribution < -0.4 is 14.2 Å². The van der Waals surface area contributed by atoms with Crippen LogP contribution in [0, 0.1) is 5.92 Å². The van der Waals surface area contributed by atoms with Crippen LogP contribution in [0.5, 0.6) is 17.2 Å². The number of unbranched alkanes of at least 4 members (excludes halogenated alkanes) is 3. The van der Waals surface area contributed by atoms with Gasteiger partial charge in [0.05, 0.1) is 7.11 Å². The Hall–Kier alpha value is -3.54. The number of rotatable bonds is 14. The molecule has 4 rings (SSSR count). The number of carbonyl (C=O) groups is 2. The van der Waals surface area contributed by atoms with Crippen LogP contribution in [-0.2, 0) is 9.59 Å². The van der Waals surface area contributed by atoms with E-state index in [1.165, 1.54) is 5.57 Å². The van der Waals surface area contributed by atoms with E-state index in [0.29, 0.717) is 42.8 Å². The third kappa shape index (κ3) is 7.35. The van der Waals surface area contributed by atoms with Gasteiger partial charge in [0.2, 0.25) is 6.79 Å². The van der Waals surface area contributed by atoms with Crippen LogP contribution in [0.15, 0.2) is 59.7 Å². The number of ketones is 1. The zero-order valence-electron chi connectivity index (χ0n) is 24.0. The van der Waals surface area contributed by atoms with E-state index in [1.54, 1.807) is 7.11 Å². The molecular formula is C34H42O6. The van der Waals surface area contributed by atoms with E-state index >= 15 is 0 Å². The molecule has 0 bridgehead atoms. The van der Waals surface area contributed by atoms with Crippen molar-refractivity contribution in [2.24, 2.45) is 5.92 Å². The number of carbonyl (C=O) groups excluding carboxylic acids is 1. The third-order valence-electron chi connectivity index (χ3n) is 7.99. The summed E-state index contributed by atoms with van der Waals surface area (Å²) >= 11 is 0. The topological polar surface area (TPSA) is 82.1 Å². The average molecular weight is 547 g/mol. The van der Waals surface area contributed by atoms with E-state index in [-0.39, 0.29) is 24.4 Å². The summed E-state index contributed by atoms with van der Waals surface area (Å²) < 4.78 is 16.4. The normalized spacial score (nSPS) is 18.6. The van der Waals surface area contributed by atoms with Crippen LogP contribution >= 0.6 is 0 Å². The minimum Gasteiger partial charge on any atom is -0.497 e. The summed E-state index contributed by atoms with van der Waals surface area (Å²) in [6, 6.07) is 13.2. The highest BCUT2D eigenvalue weighted by Gasteiger charge is 2.36. The number of fused-ring (bicyclic) bond motifs is 1. The second kappa shape index (κ2) is 14.2. The fourth-order valence-electron chi connectivity index (χ4n) is 5.90. The first-order chi connectivity index (χ1) is 19.4. The Morgan fingerprint density at radius 1 is 1.02 bits per heavy atom. The van der Waals surface area contributed by atoms with Crippen molar-refractivity contribution in [2.45, 2.75) is 84.0 Å². The molecule has 6 heteroatoms. The summed E-state index contributed by atoms with van der Waals surface area (Å²) in [5.41, 5.74) is 4.12. The van der Waals surface area contributed by atoms with Crippen molar-refractivity contribution in [2.75, 3.05) is 13.9 Å². The molecule has 2 aliphatic rings. The van der Waals surface area contributed by atoms with Crippen molar-refractivity contribution in [3.05, 3.63) is 70.8 Å². The van der Waals surface area contributed by atoms with E-state index in [2.05, 4.69) is 19.9 Å². The molecule has 1 heterocycles. The van der Waals surface area contributed by atoms with Crippen molar-refractivity contribution >= 4 is 17.3 Å². The number of carboxylic acids is 1. The van der Waals surface area contributed by atoms with Crippen LogP contribution in [0.25, 0.3) is 5.57 Å². The highest BCUT2D eigenvalue weighted by molar-refractivity contribution is 5.99. The summed E-state index contributed by atoms with van der Waals surface area (Å²) in [5.74, 6) is 0.996. The first-order valence-corrected chi connectivity index (χ1v) is 14.6. The Kier molecular flexibility index (Phi) is 10.5. The second-order valence-corrected chi connectivity index (χ2v) is 10.9. The fourth-order valence-corrected chi connectivity index (χ4v) is 5.90. The van der Waals surface area contributed by atoms with Gasteiger partial charge in [-0.2, -0.15) is 0 Å². The molecule has 0 radical (unpaired) electrons. The monoisotopic (exact) mass is 546 g/mol. The predicted octanol–water partition coefficient (Wildman–Crippen LogP) is 8.11. The number of aliphatic carboxylic acids is 1. The predicted molar refractivity (Wildman–Crippen MR) is 157 cm³/mol. The van der Waals surface area contributed by atoms with Crippen molar-refractivity contribution in [3.8, 4) is 17.2 Å². The fraction of sp³-hybridized carbons (Fsp3) is 0.471. The van der Waals surface area contributed by atoms with E-state index < -0.39 is 5.97 Å². The maximum absolute atomic E-state index is 13.4. The maximum Gasteiger partial charge on any atom is 0.332 e. The maximum atomic E-state index is 13.4. The van der Waals surface area contributed by atoms with Crippen LogP contribution in [0.1, 0.15) is 95.1 Å². The van der Waals surface area contributed by atoms with Gasteiger partial charge >= 0.3 is 5.97 Å². The van der Waals surface area contributed by atoms with Gasteiger partial charge in [-0.3, -0.25) is 4.79 Å². The number of hydrogen-bond acceptors (Lipinski definition) is 5. The molecule has 2 atom stereocenters. The molecule has 1 aliphatic heterocycles. The molecule has 2 aromatic carbocycles. The molecule has 2 unspecified atom stereocenters. The zero-order chi connectivity index (χ0) is 28.5. The van der Waals surface area contributed by atoms with Crippen molar-refractivity contribution in [1.82, 2.24) is 0 Å². The molecule has 214 valence electrons. The number of carboxylic acid groups (broad SMARTS) is 1. The summed E-state index contributed by atoms with van der Waals surface area (Å²) in [7, 11) is 1.61. The van der Waals surface area contributed by atoms with Crippen LogP contribution in [0.3, 0.4) is 0 Å². The standard InChI is InChI=1S/C34H42O6/c1-4-6-8-10-23(9-7-5-2)17-27(35)18-24-19-29(25-11-14-28(38-3)15-12-25)33(34(36)37)30(20-24)26-13-16-31-32(21-26)40-22-39-31/h10-16,21,24,29H,4-9,17-20,22H2,1-3H3,(H,36,37). The molecule has 0 saturated heterocycles. The molecule has 0 spiro atoms. The molecule has 0 saturated carbocycles. The number of hydrogen-bond donors (Lipinski definition) is 1. The highest BCUT2D eigenvalue weighted by atomic mass is 16.7. The van der Waals surface area contributed by atoms with Gasteiger partial charge in [-0.1, -0.05) is 63.0 Å². The molecule has 40 heavy (non-hydrogen) atoms. The highest BCUT2D eigenvalue weighted by Crippen LogP contribution is 2.47. The Balaban J connectivity index is 1.64. The molecule has 6 nitrogen and oxygen atoms in total. The van der Waals surface area contributed by atoms with E-state index in [4.69, 9.17) is 14.2 Å². The molecular weight excluding hydrogens is 504 g/mol. The van der Waals surface area contributed by atoms with Gasteiger partial charge in [-0.15, -0.1) is 0 Å². The lowest BCUT2D eigenvalue weighted by atomic mass is 9.70. The first kappa shape index (κ1) is 29.4. The van der Waals surface area contributed by atoms with Crippen molar-refractivity contribution in [3.63, 3.8) is 0 Å². The van der Waals surface area contributed by atoms with Crippen LogP contribution in [0.4, 0.5) is 0 Å². The first-order valence-electron chi connectivity index (χ1n) is 14.6. The van der Waals surface area contributed by atoms with E-state index in [0.717, 1.165) is 61.0 Å². The van der Waals surface area contributed by atoms with Gasteiger partial charge in [-0.05, 0) is 79.0 Å². The van der Waals surface area contributed by atoms with Gasteiger partial charge in [0.25, 0.3) is 0 Å².